The van der Waals surface area contributed by atoms with E-state index in [1.165, 1.54) is 0 Å². The molecule has 7 heteroatoms. The van der Waals surface area contributed by atoms with Crippen LogP contribution in [0.2, 0.25) is 0 Å². The van der Waals surface area contributed by atoms with E-state index in [0.29, 0.717) is 12.8 Å². The van der Waals surface area contributed by atoms with Crippen LogP contribution in [0.15, 0.2) is 66.7 Å². The van der Waals surface area contributed by atoms with Crippen molar-refractivity contribution in [3.63, 3.8) is 0 Å². The van der Waals surface area contributed by atoms with E-state index in [1.54, 1.807) is 13.8 Å². The number of benzene rings is 2. The summed E-state index contributed by atoms with van der Waals surface area (Å²) in [5.41, 5.74) is 0.351. The second-order valence-electron chi connectivity index (χ2n) is 9.27. The van der Waals surface area contributed by atoms with Crippen LogP contribution in [0.5, 0.6) is 0 Å². The van der Waals surface area contributed by atoms with Crippen molar-refractivity contribution in [1.82, 2.24) is 5.32 Å². The summed E-state index contributed by atoms with van der Waals surface area (Å²) in [6, 6.07) is 19.2. The van der Waals surface area contributed by atoms with Crippen LogP contribution in [0, 0.1) is 23.7 Å². The summed E-state index contributed by atoms with van der Waals surface area (Å²) in [5, 5.41) is 2.80. The SMILES string of the molecule is CCOC(=O)[C@@H]1[C@H]2C[C@H](C[C@@H]2/C=C/c2ccccc2)[C@@]1(NC(=O)OCc1ccccc1)C(=O)OCC. The van der Waals surface area contributed by atoms with Gasteiger partial charge in [0.25, 0.3) is 0 Å². The molecule has 2 aromatic carbocycles. The third-order valence-corrected chi connectivity index (χ3v) is 7.24. The Hall–Kier alpha value is -3.61. The Morgan fingerprint density at radius 2 is 1.58 bits per heavy atom. The van der Waals surface area contributed by atoms with Crippen LogP contribution < -0.4 is 5.32 Å². The minimum atomic E-state index is -1.53. The Balaban J connectivity index is 1.60. The first kappa shape index (κ1) is 25.5. The zero-order valence-corrected chi connectivity index (χ0v) is 20.7. The molecule has 2 aliphatic rings. The van der Waals surface area contributed by atoms with Crippen molar-refractivity contribution in [1.29, 1.82) is 0 Å². The summed E-state index contributed by atoms with van der Waals surface area (Å²) in [6.07, 6.45) is 4.63. The van der Waals surface area contributed by atoms with E-state index < -0.39 is 29.5 Å². The van der Waals surface area contributed by atoms with Gasteiger partial charge in [-0.2, -0.15) is 0 Å². The smallest absolute Gasteiger partial charge is 0.408 e. The lowest BCUT2D eigenvalue weighted by atomic mass is 9.68. The van der Waals surface area contributed by atoms with Crippen molar-refractivity contribution < 1.29 is 28.6 Å². The standard InChI is InChI=1S/C29H33NO6/c1-3-34-26(31)25-24-18-23(17-22(24)16-15-20-11-7-5-8-12-20)29(25,27(32)35-4-2)30-28(33)36-19-21-13-9-6-10-14-21/h5-16,22-25H,3-4,17-19H2,1-2H3,(H,30,33)/b16-15+/t22-,23-,24-,25-,29-/m0/s1. The second kappa shape index (κ2) is 11.4. The molecule has 0 unspecified atom stereocenters. The van der Waals surface area contributed by atoms with Crippen molar-refractivity contribution >= 4 is 24.1 Å². The molecular formula is C29H33NO6. The van der Waals surface area contributed by atoms with Gasteiger partial charge in [0.1, 0.15) is 6.61 Å². The molecule has 2 saturated carbocycles. The lowest BCUT2D eigenvalue weighted by Gasteiger charge is -2.42. The predicted octanol–water partition coefficient (Wildman–Crippen LogP) is 4.76. The van der Waals surface area contributed by atoms with E-state index in [2.05, 4.69) is 11.4 Å². The summed E-state index contributed by atoms with van der Waals surface area (Å²) in [5.74, 6) is -2.38. The quantitative estimate of drug-likeness (QED) is 0.402. The van der Waals surface area contributed by atoms with E-state index in [4.69, 9.17) is 14.2 Å². The molecule has 190 valence electrons. The Morgan fingerprint density at radius 3 is 2.25 bits per heavy atom. The number of alkyl carbamates (subject to hydrolysis) is 1. The minimum absolute atomic E-state index is 0.0478. The van der Waals surface area contributed by atoms with E-state index in [9.17, 15) is 14.4 Å². The average Bonchev–Trinajstić information content (AvgIpc) is 3.45. The zero-order valence-electron chi connectivity index (χ0n) is 20.7. The van der Waals surface area contributed by atoms with Gasteiger partial charge in [-0.25, -0.2) is 9.59 Å². The molecule has 2 aromatic rings. The molecule has 2 fully saturated rings. The number of rotatable bonds is 9. The highest BCUT2D eigenvalue weighted by Crippen LogP contribution is 2.58. The first-order valence-corrected chi connectivity index (χ1v) is 12.6. The van der Waals surface area contributed by atoms with E-state index in [0.717, 1.165) is 11.1 Å². The monoisotopic (exact) mass is 491 g/mol. The van der Waals surface area contributed by atoms with Gasteiger partial charge in [-0.05, 0) is 55.6 Å². The van der Waals surface area contributed by atoms with Crippen molar-refractivity contribution in [2.24, 2.45) is 23.7 Å². The van der Waals surface area contributed by atoms with Gasteiger partial charge in [-0.3, -0.25) is 4.79 Å². The van der Waals surface area contributed by atoms with Gasteiger partial charge in [-0.15, -0.1) is 0 Å². The topological polar surface area (TPSA) is 90.9 Å². The molecule has 7 nitrogen and oxygen atoms in total. The minimum Gasteiger partial charge on any atom is -0.466 e. The third kappa shape index (κ3) is 5.15. The number of carbonyl (C=O) groups excluding carboxylic acids is 3. The van der Waals surface area contributed by atoms with Crippen LogP contribution in [0.1, 0.15) is 37.8 Å². The summed E-state index contributed by atoms with van der Waals surface area (Å²) in [7, 11) is 0. The van der Waals surface area contributed by atoms with E-state index in [1.807, 2.05) is 66.7 Å². The number of hydrogen-bond acceptors (Lipinski definition) is 6. The lowest BCUT2D eigenvalue weighted by molar-refractivity contribution is -0.168. The molecule has 0 saturated heterocycles. The molecule has 0 radical (unpaired) electrons. The van der Waals surface area contributed by atoms with Crippen LogP contribution in [0.4, 0.5) is 4.79 Å². The van der Waals surface area contributed by atoms with Crippen molar-refractivity contribution in [3.05, 3.63) is 77.9 Å². The lowest BCUT2D eigenvalue weighted by Crippen LogP contribution is -2.65. The number of ether oxygens (including phenoxy) is 3. The molecule has 0 aliphatic heterocycles. The highest BCUT2D eigenvalue weighted by molar-refractivity contribution is 5.94. The van der Waals surface area contributed by atoms with Crippen LogP contribution in [0.25, 0.3) is 6.08 Å². The summed E-state index contributed by atoms with van der Waals surface area (Å²) in [6.45, 7) is 3.79. The van der Waals surface area contributed by atoms with Gasteiger partial charge in [0.2, 0.25) is 0 Å². The Labute approximate surface area is 211 Å². The van der Waals surface area contributed by atoms with Gasteiger partial charge in [0, 0.05) is 0 Å². The fraction of sp³-hybridized carbons (Fsp3) is 0.414. The molecule has 0 heterocycles. The van der Waals surface area contributed by atoms with Gasteiger partial charge in [0.15, 0.2) is 5.54 Å². The molecule has 36 heavy (non-hydrogen) atoms. The molecule has 1 N–H and O–H groups in total. The van der Waals surface area contributed by atoms with Gasteiger partial charge in [-0.1, -0.05) is 72.8 Å². The number of hydrogen-bond donors (Lipinski definition) is 1. The Bertz CT molecular complexity index is 1090. The highest BCUT2D eigenvalue weighted by atomic mass is 16.6. The van der Waals surface area contributed by atoms with Crippen LogP contribution >= 0.6 is 0 Å². The number of nitrogens with one attached hydrogen (secondary N) is 1. The van der Waals surface area contributed by atoms with Gasteiger partial charge >= 0.3 is 18.0 Å². The maximum Gasteiger partial charge on any atom is 0.408 e. The maximum absolute atomic E-state index is 13.5. The summed E-state index contributed by atoms with van der Waals surface area (Å²) < 4.78 is 16.3. The number of carbonyl (C=O) groups is 3. The molecule has 2 aliphatic carbocycles. The average molecular weight is 492 g/mol. The van der Waals surface area contributed by atoms with Crippen molar-refractivity contribution in [3.8, 4) is 0 Å². The van der Waals surface area contributed by atoms with Crippen LogP contribution in [-0.2, 0) is 30.4 Å². The zero-order chi connectivity index (χ0) is 25.5. The number of amides is 1. The third-order valence-electron chi connectivity index (χ3n) is 7.24. The number of esters is 2. The number of fused-ring (bicyclic) bond motifs is 2. The predicted molar refractivity (Wildman–Crippen MR) is 134 cm³/mol. The first-order chi connectivity index (χ1) is 17.5. The van der Waals surface area contributed by atoms with Gasteiger partial charge in [0.05, 0.1) is 19.1 Å². The maximum atomic E-state index is 13.5. The summed E-state index contributed by atoms with van der Waals surface area (Å²) >= 11 is 0. The molecule has 1 amide bonds. The Kier molecular flexibility index (Phi) is 8.08. The number of allylic oxidation sites excluding steroid dienone is 1. The normalized spacial score (nSPS) is 26.5. The first-order valence-electron chi connectivity index (χ1n) is 12.6. The van der Waals surface area contributed by atoms with E-state index in [-0.39, 0.29) is 37.6 Å². The fourth-order valence-corrected chi connectivity index (χ4v) is 5.77. The van der Waals surface area contributed by atoms with Crippen LogP contribution in [-0.4, -0.2) is 36.8 Å². The molecule has 5 atom stereocenters. The molecule has 0 spiro atoms. The Morgan fingerprint density at radius 1 is 0.917 bits per heavy atom. The van der Waals surface area contributed by atoms with Crippen molar-refractivity contribution in [2.75, 3.05) is 13.2 Å². The fourth-order valence-electron chi connectivity index (χ4n) is 5.77. The highest BCUT2D eigenvalue weighted by Gasteiger charge is 2.69. The van der Waals surface area contributed by atoms with Crippen molar-refractivity contribution in [2.45, 2.75) is 38.8 Å². The largest absolute Gasteiger partial charge is 0.466 e. The molecule has 4 rings (SSSR count). The molecule has 2 bridgehead atoms. The summed E-state index contributed by atoms with van der Waals surface area (Å²) in [4.78, 5) is 39.7. The molecular weight excluding hydrogens is 458 g/mol. The second-order valence-corrected chi connectivity index (χ2v) is 9.27. The van der Waals surface area contributed by atoms with E-state index >= 15 is 0 Å². The van der Waals surface area contributed by atoms with Crippen LogP contribution in [0.3, 0.4) is 0 Å². The molecule has 0 aromatic heterocycles. The van der Waals surface area contributed by atoms with Gasteiger partial charge < -0.3 is 19.5 Å².